The summed E-state index contributed by atoms with van der Waals surface area (Å²) in [5, 5.41) is 10.1. The van der Waals surface area contributed by atoms with E-state index in [1.807, 2.05) is 31.2 Å². The zero-order chi connectivity index (χ0) is 11.1. The van der Waals surface area contributed by atoms with Crippen molar-refractivity contribution in [3.63, 3.8) is 0 Å². The molecule has 1 aromatic rings. The number of quaternary nitrogens is 1. The van der Waals surface area contributed by atoms with Crippen molar-refractivity contribution in [1.29, 1.82) is 0 Å². The maximum atomic E-state index is 10.1. The highest BCUT2D eigenvalue weighted by Gasteiger charge is 2.41. The summed E-state index contributed by atoms with van der Waals surface area (Å²) in [6.07, 6.45) is 1.97. The van der Waals surface area contributed by atoms with Gasteiger partial charge in [-0.15, -0.1) is 0 Å². The van der Waals surface area contributed by atoms with Gasteiger partial charge < -0.3 is 5.11 Å². The van der Waals surface area contributed by atoms with E-state index in [-0.39, 0.29) is 0 Å². The summed E-state index contributed by atoms with van der Waals surface area (Å²) in [4.78, 5) is 0. The monoisotopic (exact) mass is 204 g/mol. The summed E-state index contributed by atoms with van der Waals surface area (Å²) in [5.74, 6) is 0. The SMILES string of the molecule is CC1(O)C=C(c2ccccc2)[N+](C)(C)C1. The van der Waals surface area contributed by atoms with Gasteiger partial charge in [-0.05, 0) is 19.1 Å². The summed E-state index contributed by atoms with van der Waals surface area (Å²) < 4.78 is 0.733. The molecule has 0 saturated heterocycles. The highest BCUT2D eigenvalue weighted by molar-refractivity contribution is 5.62. The van der Waals surface area contributed by atoms with Gasteiger partial charge in [-0.3, -0.25) is 4.48 Å². The molecule has 2 heteroatoms. The lowest BCUT2D eigenvalue weighted by Crippen LogP contribution is -2.41. The first-order valence-electron chi connectivity index (χ1n) is 5.25. The van der Waals surface area contributed by atoms with Gasteiger partial charge in [-0.25, -0.2) is 0 Å². The molecule has 2 nitrogen and oxygen atoms in total. The Kier molecular flexibility index (Phi) is 2.21. The first kappa shape index (κ1) is 10.4. The van der Waals surface area contributed by atoms with Crippen molar-refractivity contribution in [2.75, 3.05) is 20.6 Å². The normalized spacial score (nSPS) is 28.9. The second kappa shape index (κ2) is 3.19. The minimum Gasteiger partial charge on any atom is -0.380 e. The molecule has 1 atom stereocenters. The Hall–Kier alpha value is -1.12. The van der Waals surface area contributed by atoms with Crippen LogP contribution in [0.25, 0.3) is 5.70 Å². The lowest BCUT2D eigenvalue weighted by Gasteiger charge is -2.28. The number of nitrogens with zero attached hydrogens (tertiary/aromatic N) is 1. The summed E-state index contributed by atoms with van der Waals surface area (Å²) in [5.41, 5.74) is 1.70. The molecule has 1 N–H and O–H groups in total. The lowest BCUT2D eigenvalue weighted by atomic mass is 10.1. The van der Waals surface area contributed by atoms with Gasteiger partial charge in [0.1, 0.15) is 17.8 Å². The van der Waals surface area contributed by atoms with E-state index < -0.39 is 5.60 Å². The summed E-state index contributed by atoms with van der Waals surface area (Å²) in [7, 11) is 4.25. The van der Waals surface area contributed by atoms with E-state index in [0.29, 0.717) is 0 Å². The standard InChI is InChI=1S/C13H18NO/c1-13(15)9-12(14(2,3)10-13)11-7-5-4-6-8-11/h4-9,15H,10H2,1-3H3/q+1. The van der Waals surface area contributed by atoms with Crippen LogP contribution < -0.4 is 0 Å². The van der Waals surface area contributed by atoms with Crippen LogP contribution in [0.3, 0.4) is 0 Å². The van der Waals surface area contributed by atoms with Crippen LogP contribution in [0.4, 0.5) is 0 Å². The smallest absolute Gasteiger partial charge is 0.138 e. The number of likely N-dealkylation sites (N-methyl/N-ethyl adjacent to an activating group) is 1. The Labute approximate surface area is 91.1 Å². The number of aliphatic hydroxyl groups is 1. The Morgan fingerprint density at radius 1 is 1.20 bits per heavy atom. The Balaban J connectivity index is 2.45. The fourth-order valence-corrected chi connectivity index (χ4v) is 2.44. The Morgan fingerprint density at radius 2 is 1.80 bits per heavy atom. The van der Waals surface area contributed by atoms with Crippen LogP contribution in [0.5, 0.6) is 0 Å². The van der Waals surface area contributed by atoms with Crippen molar-refractivity contribution in [2.45, 2.75) is 12.5 Å². The van der Waals surface area contributed by atoms with Crippen LogP contribution in [-0.4, -0.2) is 35.8 Å². The van der Waals surface area contributed by atoms with Gasteiger partial charge in [-0.1, -0.05) is 18.2 Å². The Morgan fingerprint density at radius 3 is 2.27 bits per heavy atom. The molecule has 15 heavy (non-hydrogen) atoms. The van der Waals surface area contributed by atoms with E-state index in [0.717, 1.165) is 11.0 Å². The first-order chi connectivity index (χ1) is 6.91. The van der Waals surface area contributed by atoms with E-state index in [1.165, 1.54) is 11.3 Å². The van der Waals surface area contributed by atoms with Crippen LogP contribution in [0.1, 0.15) is 12.5 Å². The molecule has 1 aromatic carbocycles. The number of benzene rings is 1. The third kappa shape index (κ3) is 1.96. The van der Waals surface area contributed by atoms with Crippen molar-refractivity contribution in [2.24, 2.45) is 0 Å². The van der Waals surface area contributed by atoms with E-state index in [2.05, 4.69) is 26.2 Å². The molecule has 0 amide bonds. The lowest BCUT2D eigenvalue weighted by molar-refractivity contribution is -0.818. The van der Waals surface area contributed by atoms with Crippen LogP contribution in [0.2, 0.25) is 0 Å². The molecular weight excluding hydrogens is 186 g/mol. The molecule has 0 bridgehead atoms. The summed E-state index contributed by atoms with van der Waals surface area (Å²) in [6, 6.07) is 10.3. The van der Waals surface area contributed by atoms with Gasteiger partial charge in [0.2, 0.25) is 0 Å². The summed E-state index contributed by atoms with van der Waals surface area (Å²) in [6.45, 7) is 2.60. The molecule has 0 fully saturated rings. The molecule has 1 heterocycles. The van der Waals surface area contributed by atoms with E-state index in [4.69, 9.17) is 0 Å². The predicted octanol–water partition coefficient (Wildman–Crippen LogP) is 1.87. The highest BCUT2D eigenvalue weighted by Crippen LogP contribution is 2.34. The fraction of sp³-hybridized carbons (Fsp3) is 0.385. The molecule has 0 aromatic heterocycles. The van der Waals surface area contributed by atoms with Crippen molar-refractivity contribution in [3.8, 4) is 0 Å². The van der Waals surface area contributed by atoms with Crippen LogP contribution in [0.15, 0.2) is 36.4 Å². The Bertz CT molecular complexity index is 390. The minimum absolute atomic E-state index is 0.686. The van der Waals surface area contributed by atoms with Gasteiger partial charge in [0, 0.05) is 11.6 Å². The van der Waals surface area contributed by atoms with Crippen LogP contribution >= 0.6 is 0 Å². The van der Waals surface area contributed by atoms with Crippen LogP contribution in [-0.2, 0) is 0 Å². The quantitative estimate of drug-likeness (QED) is 0.692. The molecule has 1 aliphatic heterocycles. The second-order valence-electron chi connectivity index (χ2n) is 5.10. The summed E-state index contributed by atoms with van der Waals surface area (Å²) >= 11 is 0. The third-order valence-electron chi connectivity index (χ3n) is 2.88. The van der Waals surface area contributed by atoms with Gasteiger partial charge in [0.05, 0.1) is 14.1 Å². The molecule has 0 spiro atoms. The number of hydrogen-bond donors (Lipinski definition) is 1. The largest absolute Gasteiger partial charge is 0.380 e. The third-order valence-corrected chi connectivity index (χ3v) is 2.88. The average Bonchev–Trinajstić information content (AvgIpc) is 2.36. The van der Waals surface area contributed by atoms with E-state index >= 15 is 0 Å². The number of rotatable bonds is 1. The zero-order valence-corrected chi connectivity index (χ0v) is 9.57. The molecule has 2 rings (SSSR count). The molecular formula is C13H18NO+. The molecule has 0 saturated carbocycles. The predicted molar refractivity (Wildman–Crippen MR) is 62.0 cm³/mol. The van der Waals surface area contributed by atoms with Crippen molar-refractivity contribution in [3.05, 3.63) is 42.0 Å². The van der Waals surface area contributed by atoms with Crippen molar-refractivity contribution < 1.29 is 9.59 Å². The minimum atomic E-state index is -0.686. The maximum absolute atomic E-state index is 10.1. The van der Waals surface area contributed by atoms with E-state index in [9.17, 15) is 5.11 Å². The van der Waals surface area contributed by atoms with Crippen molar-refractivity contribution >= 4 is 5.70 Å². The molecule has 1 unspecified atom stereocenters. The molecule has 0 aliphatic carbocycles. The van der Waals surface area contributed by atoms with Crippen molar-refractivity contribution in [1.82, 2.24) is 0 Å². The van der Waals surface area contributed by atoms with Gasteiger partial charge >= 0.3 is 0 Å². The highest BCUT2D eigenvalue weighted by atomic mass is 16.3. The first-order valence-corrected chi connectivity index (χ1v) is 5.25. The second-order valence-corrected chi connectivity index (χ2v) is 5.10. The zero-order valence-electron chi connectivity index (χ0n) is 9.57. The maximum Gasteiger partial charge on any atom is 0.138 e. The van der Waals surface area contributed by atoms with Gasteiger partial charge in [0.25, 0.3) is 0 Å². The average molecular weight is 204 g/mol. The fourth-order valence-electron chi connectivity index (χ4n) is 2.44. The topological polar surface area (TPSA) is 20.2 Å². The van der Waals surface area contributed by atoms with Gasteiger partial charge in [0.15, 0.2) is 0 Å². The van der Waals surface area contributed by atoms with E-state index in [1.54, 1.807) is 0 Å². The molecule has 0 radical (unpaired) electrons. The van der Waals surface area contributed by atoms with Crippen LogP contribution in [0, 0.1) is 0 Å². The van der Waals surface area contributed by atoms with Gasteiger partial charge in [-0.2, -0.15) is 0 Å². The molecule has 1 aliphatic rings. The number of hydrogen-bond acceptors (Lipinski definition) is 1. The molecule has 80 valence electrons.